The second kappa shape index (κ2) is 14.8. The van der Waals surface area contributed by atoms with E-state index in [4.69, 9.17) is 0 Å². The average Bonchev–Trinajstić information content (AvgIpc) is 3.65. The predicted molar refractivity (Wildman–Crippen MR) is 216 cm³/mol. The van der Waals surface area contributed by atoms with E-state index in [9.17, 15) is 31.0 Å². The van der Waals surface area contributed by atoms with Crippen LogP contribution in [0.1, 0.15) is 11.1 Å². The fraction of sp³-hybridized carbons (Fsp3) is 0.0500. The molecule has 0 atom stereocenters. The molecule has 0 aliphatic rings. The van der Waals surface area contributed by atoms with Crippen LogP contribution < -0.4 is 0 Å². The van der Waals surface area contributed by atoms with Gasteiger partial charge in [0.15, 0.2) is 5.75 Å². The molecule has 8 aromatic rings. The number of nitrogens with zero attached hydrogens (tertiary/aromatic N) is 9. The lowest BCUT2D eigenvalue weighted by molar-refractivity contribution is 0.481. The van der Waals surface area contributed by atoms with Crippen molar-refractivity contribution in [1.29, 1.82) is 0 Å². The molecular weight excluding hydrogens is 783 g/mol. The summed E-state index contributed by atoms with van der Waals surface area (Å²) in [6, 6.07) is 33.3. The van der Waals surface area contributed by atoms with Crippen LogP contribution in [-0.2, 0) is 20.2 Å². The topological polar surface area (TPSA) is 234 Å². The van der Waals surface area contributed by atoms with Crippen LogP contribution in [0.25, 0.3) is 38.3 Å². The Morgan fingerprint density at radius 1 is 0.534 bits per heavy atom. The molecule has 0 amide bonds. The van der Waals surface area contributed by atoms with Crippen molar-refractivity contribution in [3.63, 3.8) is 0 Å². The van der Waals surface area contributed by atoms with Crippen molar-refractivity contribution in [3.05, 3.63) is 132 Å². The van der Waals surface area contributed by atoms with Gasteiger partial charge in [-0.25, -0.2) is 0 Å². The summed E-state index contributed by atoms with van der Waals surface area (Å²) in [6.07, 6.45) is 0. The highest BCUT2D eigenvalue weighted by atomic mass is 32.2. The van der Waals surface area contributed by atoms with Gasteiger partial charge in [-0.15, -0.1) is 15.3 Å². The van der Waals surface area contributed by atoms with E-state index in [2.05, 4.69) is 40.9 Å². The molecule has 1 heterocycles. The standard InChI is InChI=1S/C40H29N9O7S2/c1-23-19-37(24(2)18-36(23)45-43-28-11-9-27(10-12-28)42-41-26-6-4-3-5-7-26)46-44-35-16-8-25-20-29(13-14-31(25)40(35)50)49-47-34-17-15-32-33(39(34)48-49)21-30(57(51,52)53)22-38(32)58(54,55)56/h3-22,50H,1-2H3,(H,51,52,53)(H,54,55,56). The average molecular weight is 812 g/mol. The van der Waals surface area contributed by atoms with Gasteiger partial charge in [-0.2, -0.15) is 47.2 Å². The third-order valence-corrected chi connectivity index (χ3v) is 10.8. The van der Waals surface area contributed by atoms with Gasteiger partial charge in [-0.05, 0) is 121 Å². The molecule has 3 N–H and O–H groups in total. The Morgan fingerprint density at radius 3 is 1.76 bits per heavy atom. The van der Waals surface area contributed by atoms with Crippen molar-refractivity contribution in [2.75, 3.05) is 0 Å². The van der Waals surface area contributed by atoms with E-state index >= 15 is 0 Å². The van der Waals surface area contributed by atoms with Crippen LogP contribution >= 0.6 is 0 Å². The number of aryl methyl sites for hydroxylation is 2. The van der Waals surface area contributed by atoms with Gasteiger partial charge in [0, 0.05) is 16.2 Å². The number of fused-ring (bicyclic) bond motifs is 4. The predicted octanol–water partition coefficient (Wildman–Crippen LogP) is 10.8. The first kappa shape index (κ1) is 37.8. The Bertz CT molecular complexity index is 3260. The number of benzene rings is 7. The SMILES string of the molecule is Cc1cc(N=Nc2ccc3cc(-n4nc5ccc6c(S(=O)(=O)O)cc(S(=O)(=O)O)cc6c5n4)ccc3c2O)c(C)cc1N=Nc1ccc(N=Nc2ccccc2)cc1. The minimum Gasteiger partial charge on any atom is -0.505 e. The summed E-state index contributed by atoms with van der Waals surface area (Å²) in [5, 5.41) is 47.2. The monoisotopic (exact) mass is 811 g/mol. The molecule has 0 saturated heterocycles. The van der Waals surface area contributed by atoms with E-state index in [1.54, 1.807) is 42.5 Å². The number of phenolic OH excluding ortho intramolecular Hbond substituents is 1. The summed E-state index contributed by atoms with van der Waals surface area (Å²) in [5.41, 5.74) is 6.01. The largest absolute Gasteiger partial charge is 0.505 e. The van der Waals surface area contributed by atoms with Crippen LogP contribution in [0.4, 0.5) is 34.1 Å². The third kappa shape index (κ3) is 7.67. The lowest BCUT2D eigenvalue weighted by atomic mass is 10.1. The van der Waals surface area contributed by atoms with Gasteiger partial charge in [-0.1, -0.05) is 30.3 Å². The van der Waals surface area contributed by atoms with Crippen molar-refractivity contribution in [2.24, 2.45) is 30.7 Å². The first-order valence-electron chi connectivity index (χ1n) is 17.3. The van der Waals surface area contributed by atoms with Crippen LogP contribution in [0.15, 0.2) is 162 Å². The summed E-state index contributed by atoms with van der Waals surface area (Å²) in [5.74, 6) is -0.111. The molecule has 8 rings (SSSR count). The number of aromatic hydroxyl groups is 1. The zero-order chi connectivity index (χ0) is 40.8. The maximum Gasteiger partial charge on any atom is 0.295 e. The zero-order valence-corrected chi connectivity index (χ0v) is 32.0. The van der Waals surface area contributed by atoms with E-state index in [0.717, 1.165) is 22.9 Å². The molecule has 0 radical (unpaired) electrons. The first-order valence-corrected chi connectivity index (χ1v) is 20.2. The Hall–Kier alpha value is -7.12. The van der Waals surface area contributed by atoms with Crippen LogP contribution in [0.3, 0.4) is 0 Å². The molecule has 0 fully saturated rings. The molecule has 58 heavy (non-hydrogen) atoms. The summed E-state index contributed by atoms with van der Waals surface area (Å²) >= 11 is 0. The van der Waals surface area contributed by atoms with E-state index in [1.165, 1.54) is 16.9 Å². The smallest absolute Gasteiger partial charge is 0.295 e. The number of phenols is 1. The molecular formula is C40H29N9O7S2. The maximum atomic E-state index is 12.1. The van der Waals surface area contributed by atoms with Crippen LogP contribution in [0.2, 0.25) is 0 Å². The third-order valence-electron chi connectivity index (χ3n) is 9.12. The number of hydrogen-bond acceptors (Lipinski definition) is 13. The Kier molecular flexibility index (Phi) is 9.61. The molecule has 1 aromatic heterocycles. The van der Waals surface area contributed by atoms with Crippen molar-refractivity contribution in [2.45, 2.75) is 23.6 Å². The van der Waals surface area contributed by atoms with Gasteiger partial charge in [0.25, 0.3) is 20.2 Å². The van der Waals surface area contributed by atoms with Crippen molar-refractivity contribution in [1.82, 2.24) is 15.0 Å². The van der Waals surface area contributed by atoms with Gasteiger partial charge < -0.3 is 5.11 Å². The summed E-state index contributed by atoms with van der Waals surface area (Å²) < 4.78 is 67.6. The van der Waals surface area contributed by atoms with Gasteiger partial charge >= 0.3 is 0 Å². The highest BCUT2D eigenvalue weighted by molar-refractivity contribution is 7.86. The lowest BCUT2D eigenvalue weighted by Crippen LogP contribution is -2.04. The molecule has 18 heteroatoms. The number of azo groups is 3. The van der Waals surface area contributed by atoms with Crippen molar-refractivity contribution < 1.29 is 31.0 Å². The van der Waals surface area contributed by atoms with Crippen LogP contribution in [-0.4, -0.2) is 46.0 Å². The summed E-state index contributed by atoms with van der Waals surface area (Å²) in [6.45, 7) is 3.76. The molecule has 0 unspecified atom stereocenters. The minimum absolute atomic E-state index is 0.0204. The quantitative estimate of drug-likeness (QED) is 0.0927. The Morgan fingerprint density at radius 2 is 1.12 bits per heavy atom. The highest BCUT2D eigenvalue weighted by Gasteiger charge is 2.23. The summed E-state index contributed by atoms with van der Waals surface area (Å²) in [4.78, 5) is -0.197. The Labute approximate surface area is 330 Å². The van der Waals surface area contributed by atoms with Crippen LogP contribution in [0.5, 0.6) is 5.75 Å². The highest BCUT2D eigenvalue weighted by Crippen LogP contribution is 2.38. The number of rotatable bonds is 9. The van der Waals surface area contributed by atoms with E-state index in [1.807, 2.05) is 68.4 Å². The second-order valence-corrected chi connectivity index (χ2v) is 15.9. The first-order chi connectivity index (χ1) is 27.7. The molecule has 288 valence electrons. The fourth-order valence-electron chi connectivity index (χ4n) is 6.14. The maximum absolute atomic E-state index is 12.1. The van der Waals surface area contributed by atoms with Crippen LogP contribution in [0, 0.1) is 13.8 Å². The van der Waals surface area contributed by atoms with E-state index < -0.39 is 30.0 Å². The van der Waals surface area contributed by atoms with E-state index in [0.29, 0.717) is 45.3 Å². The number of aromatic nitrogens is 3. The Balaban J connectivity index is 1.02. The lowest BCUT2D eigenvalue weighted by Gasteiger charge is -2.07. The van der Waals surface area contributed by atoms with Gasteiger partial charge in [-0.3, -0.25) is 9.11 Å². The zero-order valence-electron chi connectivity index (χ0n) is 30.4. The summed E-state index contributed by atoms with van der Waals surface area (Å²) in [7, 11) is -9.73. The van der Waals surface area contributed by atoms with Crippen molar-refractivity contribution in [3.8, 4) is 11.4 Å². The number of hydrogen-bond donors (Lipinski definition) is 3. The molecule has 16 nitrogen and oxygen atoms in total. The van der Waals surface area contributed by atoms with Gasteiger partial charge in [0.2, 0.25) is 0 Å². The van der Waals surface area contributed by atoms with Crippen molar-refractivity contribution >= 4 is 86.9 Å². The molecule has 0 saturated carbocycles. The normalized spacial score (nSPS) is 12.6. The van der Waals surface area contributed by atoms with E-state index in [-0.39, 0.29) is 33.2 Å². The molecule has 0 spiro atoms. The fourth-order valence-corrected chi connectivity index (χ4v) is 7.48. The molecule has 0 aliphatic carbocycles. The molecule has 7 aromatic carbocycles. The molecule has 0 bridgehead atoms. The minimum atomic E-state index is -4.88. The second-order valence-electron chi connectivity index (χ2n) is 13.1. The molecule has 0 aliphatic heterocycles. The van der Waals surface area contributed by atoms with Gasteiger partial charge in [0.05, 0.1) is 39.0 Å². The van der Waals surface area contributed by atoms with Gasteiger partial charge in [0.1, 0.15) is 21.6 Å².